The van der Waals surface area contributed by atoms with E-state index in [1.807, 2.05) is 0 Å². The van der Waals surface area contributed by atoms with Gasteiger partial charge < -0.3 is 5.73 Å². The van der Waals surface area contributed by atoms with Gasteiger partial charge in [-0.2, -0.15) is 0 Å². The van der Waals surface area contributed by atoms with Crippen LogP contribution < -0.4 is 5.73 Å². The van der Waals surface area contributed by atoms with Crippen molar-refractivity contribution in [3.63, 3.8) is 0 Å². The lowest BCUT2D eigenvalue weighted by molar-refractivity contribution is 0.928. The third-order valence-corrected chi connectivity index (χ3v) is 1.74. The summed E-state index contributed by atoms with van der Waals surface area (Å²) in [5.74, 6) is 0. The van der Waals surface area contributed by atoms with Gasteiger partial charge in [-0.15, -0.1) is 35.2 Å². The Kier molecular flexibility index (Phi) is 4.12. The van der Waals surface area contributed by atoms with Crippen LogP contribution >= 0.6 is 36.4 Å². The van der Waals surface area contributed by atoms with Crippen molar-refractivity contribution in [2.24, 2.45) is 5.73 Å². The lowest BCUT2D eigenvalue weighted by atomic mass is 10.7. The Morgan fingerprint density at radius 2 is 2.22 bits per heavy atom. The van der Waals surface area contributed by atoms with E-state index < -0.39 is 0 Å². The Morgan fingerprint density at radius 3 is 2.44 bits per heavy atom. The lowest BCUT2D eigenvalue weighted by Crippen LogP contribution is -1.94. The maximum absolute atomic E-state index is 5.24. The van der Waals surface area contributed by atoms with E-state index in [1.165, 1.54) is 11.3 Å². The molecule has 0 aromatic carbocycles. The Balaban J connectivity index is 0.000000640. The molecular weight excluding hydrogens is 178 g/mol. The second-order valence-corrected chi connectivity index (χ2v) is 2.97. The molecule has 0 fully saturated rings. The highest BCUT2D eigenvalue weighted by Crippen LogP contribution is 2.11. The van der Waals surface area contributed by atoms with Crippen molar-refractivity contribution in [2.75, 3.05) is 0 Å². The van der Waals surface area contributed by atoms with Crippen molar-refractivity contribution in [1.29, 1.82) is 0 Å². The molecule has 52 valence electrons. The Hall–Kier alpha value is 0.160. The molecule has 2 N–H and O–H groups in total. The fourth-order valence-electron chi connectivity index (χ4n) is 0.327. The molecule has 0 aliphatic heterocycles. The number of hydrogen-bond acceptors (Lipinski definition) is 5. The molecule has 1 aromatic rings. The molecule has 0 aliphatic carbocycles. The molecule has 1 rings (SSSR count). The molecule has 0 aliphatic rings. The summed E-state index contributed by atoms with van der Waals surface area (Å²) in [5.41, 5.74) is 5.24. The van der Waals surface area contributed by atoms with Gasteiger partial charge in [0.15, 0.2) is 4.34 Å². The zero-order valence-electron chi connectivity index (χ0n) is 4.44. The van der Waals surface area contributed by atoms with Crippen LogP contribution in [0.15, 0.2) is 4.34 Å². The average Bonchev–Trinajstić information content (AvgIpc) is 2.14. The van der Waals surface area contributed by atoms with Crippen LogP contribution in [0.5, 0.6) is 0 Å². The molecule has 0 bridgehead atoms. The van der Waals surface area contributed by atoms with Crippen molar-refractivity contribution in [1.82, 2.24) is 10.2 Å². The van der Waals surface area contributed by atoms with E-state index in [9.17, 15) is 0 Å². The van der Waals surface area contributed by atoms with Crippen LogP contribution in [0.4, 0.5) is 0 Å². The first kappa shape index (κ1) is 9.16. The fourth-order valence-corrected chi connectivity index (χ4v) is 1.15. The second-order valence-electron chi connectivity index (χ2n) is 1.18. The molecule has 3 nitrogen and oxygen atoms in total. The molecule has 6 heteroatoms. The van der Waals surface area contributed by atoms with Gasteiger partial charge >= 0.3 is 0 Å². The maximum atomic E-state index is 5.24. The molecule has 0 spiro atoms. The van der Waals surface area contributed by atoms with E-state index in [1.54, 1.807) is 0 Å². The first-order valence-electron chi connectivity index (χ1n) is 2.04. The molecule has 0 amide bonds. The zero-order chi connectivity index (χ0) is 5.98. The van der Waals surface area contributed by atoms with Crippen LogP contribution in [0.25, 0.3) is 0 Å². The summed E-state index contributed by atoms with van der Waals surface area (Å²) >= 11 is 5.35. The molecule has 1 heterocycles. The van der Waals surface area contributed by atoms with E-state index in [2.05, 4.69) is 22.8 Å². The molecular formula is C3H6ClN3S2. The van der Waals surface area contributed by atoms with E-state index >= 15 is 0 Å². The Bertz CT molecular complexity index is 177. The first-order valence-corrected chi connectivity index (χ1v) is 3.30. The normalized spacial score (nSPS) is 8.67. The van der Waals surface area contributed by atoms with Gasteiger partial charge in [-0.3, -0.25) is 0 Å². The zero-order valence-corrected chi connectivity index (χ0v) is 6.97. The van der Waals surface area contributed by atoms with Crippen LogP contribution in [0.3, 0.4) is 0 Å². The smallest absolute Gasteiger partial charge is 0.171 e. The number of hydrogen-bond donors (Lipinski definition) is 2. The quantitative estimate of drug-likeness (QED) is 0.631. The third kappa shape index (κ3) is 2.49. The highest BCUT2D eigenvalue weighted by Gasteiger charge is 1.94. The molecule has 0 radical (unpaired) electrons. The standard InChI is InChI=1S/C3H5N3S2.ClH/c4-1-2-5-6-3(7)8-2;/h1,4H2,(H,6,7);1H. The number of thiol groups is 1. The van der Waals surface area contributed by atoms with Gasteiger partial charge in [-0.05, 0) is 0 Å². The predicted molar refractivity (Wildman–Crippen MR) is 42.3 cm³/mol. The van der Waals surface area contributed by atoms with Gasteiger partial charge in [0.2, 0.25) is 0 Å². The Morgan fingerprint density at radius 1 is 1.56 bits per heavy atom. The predicted octanol–water partition coefficient (Wildman–Crippen LogP) is 0.707. The molecule has 0 saturated carbocycles. The number of rotatable bonds is 1. The van der Waals surface area contributed by atoms with Crippen LogP contribution in [0.1, 0.15) is 5.01 Å². The second kappa shape index (κ2) is 4.05. The number of nitrogens with two attached hydrogens (primary N) is 1. The van der Waals surface area contributed by atoms with Gasteiger partial charge in [-0.1, -0.05) is 11.3 Å². The van der Waals surface area contributed by atoms with Crippen LogP contribution in [-0.4, -0.2) is 10.2 Å². The van der Waals surface area contributed by atoms with Gasteiger partial charge in [-0.25, -0.2) is 0 Å². The maximum Gasteiger partial charge on any atom is 0.171 e. The topological polar surface area (TPSA) is 51.8 Å². The van der Waals surface area contributed by atoms with E-state index in [0.29, 0.717) is 10.9 Å². The highest BCUT2D eigenvalue weighted by molar-refractivity contribution is 7.82. The van der Waals surface area contributed by atoms with Crippen molar-refractivity contribution < 1.29 is 0 Å². The third-order valence-electron chi connectivity index (χ3n) is 0.631. The summed E-state index contributed by atoms with van der Waals surface area (Å²) < 4.78 is 0.672. The number of halogens is 1. The summed E-state index contributed by atoms with van der Waals surface area (Å²) in [4.78, 5) is 0. The monoisotopic (exact) mass is 183 g/mol. The SMILES string of the molecule is Cl.NCc1nnc(S)s1. The average molecular weight is 184 g/mol. The molecule has 9 heavy (non-hydrogen) atoms. The van der Waals surface area contributed by atoms with Crippen molar-refractivity contribution in [3.05, 3.63) is 5.01 Å². The van der Waals surface area contributed by atoms with Gasteiger partial charge in [0.25, 0.3) is 0 Å². The molecule has 0 unspecified atom stereocenters. The molecule has 1 aromatic heterocycles. The number of nitrogens with zero attached hydrogens (tertiary/aromatic N) is 2. The van der Waals surface area contributed by atoms with Gasteiger partial charge in [0.05, 0.1) is 0 Å². The number of aromatic nitrogens is 2. The highest BCUT2D eigenvalue weighted by atomic mass is 35.5. The minimum Gasteiger partial charge on any atom is -0.324 e. The summed E-state index contributed by atoms with van der Waals surface area (Å²) in [7, 11) is 0. The van der Waals surface area contributed by atoms with E-state index in [-0.39, 0.29) is 12.4 Å². The molecule has 0 saturated heterocycles. The van der Waals surface area contributed by atoms with Crippen molar-refractivity contribution >= 4 is 36.4 Å². The Labute approximate surface area is 68.5 Å². The van der Waals surface area contributed by atoms with E-state index in [4.69, 9.17) is 5.73 Å². The van der Waals surface area contributed by atoms with Crippen LogP contribution in [-0.2, 0) is 6.54 Å². The summed E-state index contributed by atoms with van der Waals surface area (Å²) in [6, 6.07) is 0. The molecule has 0 atom stereocenters. The minimum atomic E-state index is 0. The van der Waals surface area contributed by atoms with Crippen molar-refractivity contribution in [3.8, 4) is 0 Å². The lowest BCUT2D eigenvalue weighted by Gasteiger charge is -1.76. The minimum absolute atomic E-state index is 0. The van der Waals surface area contributed by atoms with Gasteiger partial charge in [0.1, 0.15) is 5.01 Å². The van der Waals surface area contributed by atoms with Gasteiger partial charge in [0, 0.05) is 6.54 Å². The summed E-state index contributed by atoms with van der Waals surface area (Å²) in [6.45, 7) is 0.457. The summed E-state index contributed by atoms with van der Waals surface area (Å²) in [5, 5.41) is 8.17. The first-order chi connectivity index (χ1) is 3.83. The summed E-state index contributed by atoms with van der Waals surface area (Å²) in [6.07, 6.45) is 0. The van der Waals surface area contributed by atoms with Crippen LogP contribution in [0.2, 0.25) is 0 Å². The van der Waals surface area contributed by atoms with Crippen molar-refractivity contribution in [2.45, 2.75) is 10.9 Å². The largest absolute Gasteiger partial charge is 0.324 e. The van der Waals surface area contributed by atoms with E-state index in [0.717, 1.165) is 5.01 Å². The fraction of sp³-hybridized carbons (Fsp3) is 0.333. The van der Waals surface area contributed by atoms with Crippen LogP contribution in [0, 0.1) is 0 Å².